The highest BCUT2D eigenvalue weighted by Crippen LogP contribution is 2.07. The molecule has 88 valence electrons. The zero-order chi connectivity index (χ0) is 11.7. The number of carboxylic acids is 1. The van der Waals surface area contributed by atoms with Crippen LogP contribution in [0.1, 0.15) is 52.4 Å². The molecule has 0 aromatic heterocycles. The molecular weight excluding hydrogens is 194 g/mol. The Hall–Kier alpha value is -1.06. The van der Waals surface area contributed by atoms with E-state index in [1.54, 1.807) is 0 Å². The van der Waals surface area contributed by atoms with E-state index in [4.69, 9.17) is 5.11 Å². The minimum atomic E-state index is -0.944. The molecule has 0 spiro atoms. The number of carbonyl (C=O) groups excluding carboxylic acids is 1. The number of hydrogen-bond acceptors (Lipinski definition) is 2. The third kappa shape index (κ3) is 7.97. The lowest BCUT2D eigenvalue weighted by Crippen LogP contribution is -2.39. The van der Waals surface area contributed by atoms with Crippen molar-refractivity contribution in [1.29, 1.82) is 0 Å². The molecule has 0 aromatic carbocycles. The normalized spacial score (nSPS) is 12.1. The van der Waals surface area contributed by atoms with Crippen LogP contribution in [-0.2, 0) is 9.59 Å². The number of hydrogen-bond donors (Lipinski definition) is 2. The molecule has 0 saturated carbocycles. The van der Waals surface area contributed by atoms with Gasteiger partial charge >= 0.3 is 5.97 Å². The second-order valence-corrected chi connectivity index (χ2v) is 3.79. The highest BCUT2D eigenvalue weighted by molar-refractivity contribution is 5.81. The minimum absolute atomic E-state index is 0.282. The number of nitrogens with one attached hydrogen (secondary N) is 1. The van der Waals surface area contributed by atoms with Crippen LogP contribution in [0.3, 0.4) is 0 Å². The first kappa shape index (κ1) is 13.9. The summed E-state index contributed by atoms with van der Waals surface area (Å²) in [5, 5.41) is 11.2. The zero-order valence-electron chi connectivity index (χ0n) is 9.58. The summed E-state index contributed by atoms with van der Waals surface area (Å²) in [7, 11) is 0. The van der Waals surface area contributed by atoms with E-state index in [0.717, 1.165) is 19.3 Å². The SMILES string of the molecule is CCCCCCC[C@@H](NC(C)=O)C(=O)O. The van der Waals surface area contributed by atoms with Gasteiger partial charge in [-0.2, -0.15) is 0 Å². The van der Waals surface area contributed by atoms with Crippen LogP contribution in [-0.4, -0.2) is 23.0 Å². The van der Waals surface area contributed by atoms with Gasteiger partial charge in [0.05, 0.1) is 0 Å². The lowest BCUT2D eigenvalue weighted by atomic mass is 10.1. The van der Waals surface area contributed by atoms with Crippen LogP contribution in [0.2, 0.25) is 0 Å². The quantitative estimate of drug-likeness (QED) is 0.608. The number of rotatable bonds is 8. The lowest BCUT2D eigenvalue weighted by Gasteiger charge is -2.12. The first-order chi connectivity index (χ1) is 7.07. The molecular formula is C11H21NO3. The highest BCUT2D eigenvalue weighted by Gasteiger charge is 2.16. The lowest BCUT2D eigenvalue weighted by molar-refractivity contribution is -0.141. The standard InChI is InChI=1S/C11H21NO3/c1-3-4-5-6-7-8-10(11(14)15)12-9(2)13/h10H,3-8H2,1-2H3,(H,12,13)(H,14,15)/t10-/m1/s1. The number of unbranched alkanes of at least 4 members (excludes halogenated alkanes) is 4. The summed E-state index contributed by atoms with van der Waals surface area (Å²) in [5.41, 5.74) is 0. The second-order valence-electron chi connectivity index (χ2n) is 3.79. The van der Waals surface area contributed by atoms with Crippen molar-refractivity contribution < 1.29 is 14.7 Å². The number of aliphatic carboxylic acids is 1. The van der Waals surface area contributed by atoms with Crippen molar-refractivity contribution in [2.24, 2.45) is 0 Å². The number of carboxylic acid groups (broad SMARTS) is 1. The zero-order valence-corrected chi connectivity index (χ0v) is 9.58. The molecule has 0 aromatic rings. The minimum Gasteiger partial charge on any atom is -0.480 e. The van der Waals surface area contributed by atoms with Crippen molar-refractivity contribution in [2.75, 3.05) is 0 Å². The predicted molar refractivity (Wildman–Crippen MR) is 58.6 cm³/mol. The van der Waals surface area contributed by atoms with Gasteiger partial charge in [0.1, 0.15) is 6.04 Å². The van der Waals surface area contributed by atoms with E-state index in [-0.39, 0.29) is 5.91 Å². The van der Waals surface area contributed by atoms with Gasteiger partial charge in [-0.05, 0) is 6.42 Å². The summed E-state index contributed by atoms with van der Waals surface area (Å²) in [5.74, 6) is -1.23. The highest BCUT2D eigenvalue weighted by atomic mass is 16.4. The maximum absolute atomic E-state index is 10.7. The van der Waals surface area contributed by atoms with E-state index >= 15 is 0 Å². The van der Waals surface area contributed by atoms with Gasteiger partial charge in [-0.3, -0.25) is 4.79 Å². The molecule has 15 heavy (non-hydrogen) atoms. The fraction of sp³-hybridized carbons (Fsp3) is 0.818. The van der Waals surface area contributed by atoms with Crippen molar-refractivity contribution in [1.82, 2.24) is 5.32 Å². The van der Waals surface area contributed by atoms with Crippen LogP contribution in [0.15, 0.2) is 0 Å². The molecule has 0 aliphatic rings. The van der Waals surface area contributed by atoms with Crippen molar-refractivity contribution in [3.8, 4) is 0 Å². The first-order valence-electron chi connectivity index (χ1n) is 5.57. The molecule has 4 nitrogen and oxygen atoms in total. The topological polar surface area (TPSA) is 66.4 Å². The second kappa shape index (κ2) is 8.26. The van der Waals surface area contributed by atoms with Gasteiger partial charge in [0.2, 0.25) is 5.91 Å². The van der Waals surface area contributed by atoms with Gasteiger partial charge in [-0.1, -0.05) is 39.0 Å². The van der Waals surface area contributed by atoms with Crippen molar-refractivity contribution in [3.05, 3.63) is 0 Å². The molecule has 0 radical (unpaired) electrons. The summed E-state index contributed by atoms with van der Waals surface area (Å²) < 4.78 is 0. The van der Waals surface area contributed by atoms with Crippen LogP contribution >= 0.6 is 0 Å². The molecule has 0 heterocycles. The average Bonchev–Trinajstić information content (AvgIpc) is 2.15. The molecule has 0 bridgehead atoms. The van der Waals surface area contributed by atoms with Crippen LogP contribution in [0, 0.1) is 0 Å². The van der Waals surface area contributed by atoms with Gasteiger partial charge in [-0.25, -0.2) is 4.79 Å². The van der Waals surface area contributed by atoms with Gasteiger partial charge in [-0.15, -0.1) is 0 Å². The summed E-state index contributed by atoms with van der Waals surface area (Å²) in [6, 6.07) is -0.718. The van der Waals surface area contributed by atoms with Gasteiger partial charge in [0, 0.05) is 6.92 Å². The van der Waals surface area contributed by atoms with E-state index in [2.05, 4.69) is 12.2 Å². The molecule has 1 atom stereocenters. The van der Waals surface area contributed by atoms with Gasteiger partial charge < -0.3 is 10.4 Å². The van der Waals surface area contributed by atoms with Crippen molar-refractivity contribution in [3.63, 3.8) is 0 Å². The van der Waals surface area contributed by atoms with Crippen LogP contribution < -0.4 is 5.32 Å². The summed E-state index contributed by atoms with van der Waals surface area (Å²) in [6.07, 6.45) is 5.93. The Balaban J connectivity index is 3.67. The molecule has 0 aliphatic carbocycles. The third-order valence-electron chi connectivity index (χ3n) is 2.27. The largest absolute Gasteiger partial charge is 0.480 e. The summed E-state index contributed by atoms with van der Waals surface area (Å²) >= 11 is 0. The Morgan fingerprint density at radius 3 is 2.27 bits per heavy atom. The van der Waals surface area contributed by atoms with E-state index < -0.39 is 12.0 Å². The Morgan fingerprint density at radius 2 is 1.80 bits per heavy atom. The molecule has 0 rings (SSSR count). The molecule has 1 amide bonds. The third-order valence-corrected chi connectivity index (χ3v) is 2.27. The Kier molecular flexibility index (Phi) is 7.68. The fourth-order valence-electron chi connectivity index (χ4n) is 1.45. The molecule has 0 aliphatic heterocycles. The van der Waals surface area contributed by atoms with Gasteiger partial charge in [0.25, 0.3) is 0 Å². The molecule has 4 heteroatoms. The van der Waals surface area contributed by atoms with E-state index in [1.165, 1.54) is 19.8 Å². The Morgan fingerprint density at radius 1 is 1.20 bits per heavy atom. The van der Waals surface area contributed by atoms with Crippen LogP contribution in [0.4, 0.5) is 0 Å². The molecule has 0 fully saturated rings. The summed E-state index contributed by atoms with van der Waals surface area (Å²) in [6.45, 7) is 3.48. The Bertz CT molecular complexity index is 204. The monoisotopic (exact) mass is 215 g/mol. The van der Waals surface area contributed by atoms with Crippen LogP contribution in [0.5, 0.6) is 0 Å². The Labute approximate surface area is 91.1 Å². The van der Waals surface area contributed by atoms with Crippen LogP contribution in [0.25, 0.3) is 0 Å². The van der Waals surface area contributed by atoms with E-state index in [0.29, 0.717) is 6.42 Å². The van der Waals surface area contributed by atoms with Crippen molar-refractivity contribution in [2.45, 2.75) is 58.4 Å². The van der Waals surface area contributed by atoms with E-state index in [1.807, 2.05) is 0 Å². The molecule has 0 unspecified atom stereocenters. The first-order valence-corrected chi connectivity index (χ1v) is 5.57. The molecule has 0 saturated heterocycles. The van der Waals surface area contributed by atoms with Gasteiger partial charge in [0.15, 0.2) is 0 Å². The van der Waals surface area contributed by atoms with E-state index in [9.17, 15) is 9.59 Å². The maximum atomic E-state index is 10.7. The average molecular weight is 215 g/mol. The smallest absolute Gasteiger partial charge is 0.326 e. The fourth-order valence-corrected chi connectivity index (χ4v) is 1.45. The summed E-state index contributed by atoms with van der Waals surface area (Å²) in [4.78, 5) is 21.5. The predicted octanol–water partition coefficient (Wildman–Crippen LogP) is 1.94. The molecule has 2 N–H and O–H groups in total. The maximum Gasteiger partial charge on any atom is 0.326 e. The number of carbonyl (C=O) groups is 2. The van der Waals surface area contributed by atoms with Crippen molar-refractivity contribution >= 4 is 11.9 Å². The number of amides is 1.